The third-order valence-electron chi connectivity index (χ3n) is 4.77. The predicted molar refractivity (Wildman–Crippen MR) is 122 cm³/mol. The first-order valence-electron chi connectivity index (χ1n) is 9.46. The number of aromatic nitrogens is 4. The first kappa shape index (κ1) is 19.4. The summed E-state index contributed by atoms with van der Waals surface area (Å²) in [5.74, 6) is 0.689. The summed E-state index contributed by atoms with van der Waals surface area (Å²) in [5.41, 5.74) is 3.73. The fraction of sp³-hybridized carbons (Fsp3) is 0.0455. The van der Waals surface area contributed by atoms with Crippen molar-refractivity contribution in [2.24, 2.45) is 0 Å². The Morgan fingerprint density at radius 3 is 2.39 bits per heavy atom. The average Bonchev–Trinajstić information content (AvgIpc) is 3.43. The Morgan fingerprint density at radius 2 is 1.68 bits per heavy atom. The highest BCUT2D eigenvalue weighted by molar-refractivity contribution is 7.92. The minimum Gasteiger partial charge on any atom is -0.280 e. The van der Waals surface area contributed by atoms with Gasteiger partial charge < -0.3 is 0 Å². The van der Waals surface area contributed by atoms with Crippen LogP contribution in [-0.4, -0.2) is 28.2 Å². The van der Waals surface area contributed by atoms with Crippen LogP contribution in [0.1, 0.15) is 5.56 Å². The molecule has 7 nitrogen and oxygen atoms in total. The topological polar surface area (TPSA) is 89.2 Å². The zero-order chi connectivity index (χ0) is 21.4. The molecular weight excluding hydrogens is 430 g/mol. The van der Waals surface area contributed by atoms with Gasteiger partial charge in [0.15, 0.2) is 11.5 Å². The van der Waals surface area contributed by atoms with E-state index >= 15 is 0 Å². The van der Waals surface area contributed by atoms with Gasteiger partial charge in [-0.3, -0.25) is 4.72 Å². The van der Waals surface area contributed by atoms with Crippen molar-refractivity contribution in [2.75, 3.05) is 4.72 Å². The molecule has 5 rings (SSSR count). The third-order valence-corrected chi connectivity index (χ3v) is 7.03. The van der Waals surface area contributed by atoms with E-state index in [-0.39, 0.29) is 4.90 Å². The van der Waals surface area contributed by atoms with E-state index in [0.29, 0.717) is 17.2 Å². The first-order valence-corrected chi connectivity index (χ1v) is 11.8. The summed E-state index contributed by atoms with van der Waals surface area (Å²) < 4.78 is 29.5. The van der Waals surface area contributed by atoms with E-state index in [4.69, 9.17) is 0 Å². The molecule has 9 heteroatoms. The number of rotatable bonds is 5. The molecule has 31 heavy (non-hydrogen) atoms. The normalized spacial score (nSPS) is 11.6. The van der Waals surface area contributed by atoms with Gasteiger partial charge in [-0.25, -0.2) is 8.42 Å². The molecule has 0 atom stereocenters. The van der Waals surface area contributed by atoms with E-state index in [0.717, 1.165) is 21.7 Å². The van der Waals surface area contributed by atoms with E-state index in [1.54, 1.807) is 52.3 Å². The van der Waals surface area contributed by atoms with Gasteiger partial charge in [0.2, 0.25) is 0 Å². The van der Waals surface area contributed by atoms with Gasteiger partial charge in [-0.1, -0.05) is 35.9 Å². The zero-order valence-electron chi connectivity index (χ0n) is 16.4. The van der Waals surface area contributed by atoms with Crippen LogP contribution in [0.2, 0.25) is 0 Å². The Kier molecular flexibility index (Phi) is 4.76. The highest BCUT2D eigenvalue weighted by atomic mass is 32.2. The van der Waals surface area contributed by atoms with Crippen molar-refractivity contribution >= 4 is 32.7 Å². The van der Waals surface area contributed by atoms with Gasteiger partial charge in [0.25, 0.3) is 10.0 Å². The first-order chi connectivity index (χ1) is 15.0. The molecule has 0 aliphatic heterocycles. The lowest BCUT2D eigenvalue weighted by Gasteiger charge is -2.09. The summed E-state index contributed by atoms with van der Waals surface area (Å²) in [4.78, 5) is 1.21. The van der Waals surface area contributed by atoms with Crippen molar-refractivity contribution in [1.29, 1.82) is 0 Å². The summed E-state index contributed by atoms with van der Waals surface area (Å²) >= 11 is 1.57. The van der Waals surface area contributed by atoms with Crippen LogP contribution in [0.3, 0.4) is 0 Å². The van der Waals surface area contributed by atoms with Crippen LogP contribution < -0.4 is 4.72 Å². The van der Waals surface area contributed by atoms with Gasteiger partial charge in [-0.15, -0.1) is 21.5 Å². The molecule has 0 radical (unpaired) electrons. The van der Waals surface area contributed by atoms with E-state index in [9.17, 15) is 8.42 Å². The average molecular weight is 448 g/mol. The SMILES string of the molecule is Cc1ccc(S(=O)(=O)Nc2ccc(-c3ccc4nnc(-c5cccs5)n4n3)cc2)cc1. The molecule has 3 heterocycles. The minimum absolute atomic E-state index is 0.225. The largest absolute Gasteiger partial charge is 0.280 e. The van der Waals surface area contributed by atoms with Gasteiger partial charge in [-0.05, 0) is 54.8 Å². The maximum Gasteiger partial charge on any atom is 0.261 e. The number of sulfonamides is 1. The lowest BCUT2D eigenvalue weighted by Crippen LogP contribution is -2.12. The van der Waals surface area contributed by atoms with Crippen LogP contribution in [0, 0.1) is 6.92 Å². The number of hydrogen-bond acceptors (Lipinski definition) is 6. The summed E-state index contributed by atoms with van der Waals surface area (Å²) in [7, 11) is -3.64. The lowest BCUT2D eigenvalue weighted by molar-refractivity contribution is 0.601. The van der Waals surface area contributed by atoms with Crippen LogP contribution in [0.4, 0.5) is 5.69 Å². The second kappa shape index (κ2) is 7.60. The molecule has 3 aromatic heterocycles. The number of thiophene rings is 1. The van der Waals surface area contributed by atoms with Crippen LogP contribution in [-0.2, 0) is 10.0 Å². The minimum atomic E-state index is -3.64. The third kappa shape index (κ3) is 3.80. The van der Waals surface area contributed by atoms with Gasteiger partial charge in [-0.2, -0.15) is 9.61 Å². The van der Waals surface area contributed by atoms with Gasteiger partial charge in [0, 0.05) is 11.3 Å². The molecule has 0 saturated carbocycles. The number of fused-ring (bicyclic) bond motifs is 1. The molecule has 0 spiro atoms. The van der Waals surface area contributed by atoms with Crippen LogP contribution >= 0.6 is 11.3 Å². The van der Waals surface area contributed by atoms with Crippen molar-refractivity contribution in [3.05, 3.63) is 83.7 Å². The van der Waals surface area contributed by atoms with E-state index in [2.05, 4.69) is 20.0 Å². The Balaban J connectivity index is 1.43. The van der Waals surface area contributed by atoms with Crippen LogP contribution in [0.5, 0.6) is 0 Å². The van der Waals surface area contributed by atoms with Gasteiger partial charge >= 0.3 is 0 Å². The number of aryl methyl sites for hydroxylation is 1. The molecule has 0 aliphatic rings. The fourth-order valence-electron chi connectivity index (χ4n) is 3.14. The summed E-state index contributed by atoms with van der Waals surface area (Å²) in [6.45, 7) is 1.91. The van der Waals surface area contributed by atoms with Crippen LogP contribution in [0.25, 0.3) is 27.6 Å². The van der Waals surface area contributed by atoms with Gasteiger partial charge in [0.1, 0.15) is 0 Å². The number of benzene rings is 2. The molecular formula is C22H17N5O2S2. The van der Waals surface area contributed by atoms with Crippen molar-refractivity contribution in [2.45, 2.75) is 11.8 Å². The van der Waals surface area contributed by atoms with Gasteiger partial charge in [0.05, 0.1) is 15.5 Å². The Bertz CT molecular complexity index is 1460. The smallest absolute Gasteiger partial charge is 0.261 e. The predicted octanol–water partition coefficient (Wildman–Crippen LogP) is 4.63. The molecule has 0 bridgehead atoms. The Morgan fingerprint density at radius 1 is 0.903 bits per heavy atom. The maximum absolute atomic E-state index is 12.6. The molecule has 0 fully saturated rings. The number of nitrogens with one attached hydrogen (secondary N) is 1. The number of hydrogen-bond donors (Lipinski definition) is 1. The molecule has 2 aromatic carbocycles. The maximum atomic E-state index is 12.6. The second-order valence-electron chi connectivity index (χ2n) is 6.99. The zero-order valence-corrected chi connectivity index (χ0v) is 18.1. The Labute approximate surface area is 183 Å². The second-order valence-corrected chi connectivity index (χ2v) is 9.62. The van der Waals surface area contributed by atoms with Crippen LogP contribution in [0.15, 0.2) is 83.1 Å². The van der Waals surface area contributed by atoms with E-state index < -0.39 is 10.0 Å². The standard InChI is InChI=1S/C22H17N5O2S2/c1-15-4-10-18(11-5-15)31(28,29)26-17-8-6-16(7-9-17)19-12-13-21-23-24-22(27(21)25-19)20-3-2-14-30-20/h2-14,26H,1H3. The van der Waals surface area contributed by atoms with Crippen molar-refractivity contribution in [3.63, 3.8) is 0 Å². The van der Waals surface area contributed by atoms with Crippen molar-refractivity contribution < 1.29 is 8.42 Å². The number of anilines is 1. The molecule has 0 saturated heterocycles. The van der Waals surface area contributed by atoms with E-state index in [1.165, 1.54) is 0 Å². The highest BCUT2D eigenvalue weighted by Crippen LogP contribution is 2.25. The molecule has 0 aliphatic carbocycles. The lowest BCUT2D eigenvalue weighted by atomic mass is 10.1. The molecule has 0 amide bonds. The van der Waals surface area contributed by atoms with Crippen molar-refractivity contribution in [3.8, 4) is 22.0 Å². The summed E-state index contributed by atoms with van der Waals surface area (Å²) in [6, 6.07) is 21.5. The Hall–Kier alpha value is -3.56. The summed E-state index contributed by atoms with van der Waals surface area (Å²) in [6.07, 6.45) is 0. The monoisotopic (exact) mass is 447 g/mol. The molecule has 154 valence electrons. The molecule has 0 unspecified atom stereocenters. The quantitative estimate of drug-likeness (QED) is 0.424. The highest BCUT2D eigenvalue weighted by Gasteiger charge is 2.15. The summed E-state index contributed by atoms with van der Waals surface area (Å²) in [5, 5.41) is 15.1. The molecule has 1 N–H and O–H groups in total. The number of nitrogens with zero attached hydrogens (tertiary/aromatic N) is 4. The molecule has 5 aromatic rings. The van der Waals surface area contributed by atoms with E-state index in [1.807, 2.05) is 48.7 Å². The fourth-order valence-corrected chi connectivity index (χ4v) is 4.90. The van der Waals surface area contributed by atoms with Crippen molar-refractivity contribution in [1.82, 2.24) is 19.8 Å².